The van der Waals surface area contributed by atoms with Gasteiger partial charge in [0.05, 0.1) is 17.7 Å². The van der Waals surface area contributed by atoms with Gasteiger partial charge in [0, 0.05) is 24.5 Å². The smallest absolute Gasteiger partial charge is 0.261 e. The van der Waals surface area contributed by atoms with Gasteiger partial charge in [-0.2, -0.15) is 0 Å². The van der Waals surface area contributed by atoms with E-state index in [4.69, 9.17) is 11.6 Å². The Labute approximate surface area is 166 Å². The van der Waals surface area contributed by atoms with Gasteiger partial charge in [-0.15, -0.1) is 0 Å². The molecule has 2 aromatic rings. The Hall–Kier alpha value is -3.19. The average Bonchev–Trinajstić information content (AvgIpc) is 2.95. The fourth-order valence-electron chi connectivity index (χ4n) is 2.79. The standard InChI is InChI=1S/C20H18ClN3O4/c21-14-7-5-13(6-8-14)11-22-18(26)12-23-17(25)9-10-24-19(27)15-3-1-2-4-16(15)20(24)28/h1-8H,9-12H2,(H,22,26)(H,23,25). The molecular weight excluding hydrogens is 382 g/mol. The summed E-state index contributed by atoms with van der Waals surface area (Å²) in [5.74, 6) is -1.58. The zero-order chi connectivity index (χ0) is 20.1. The Morgan fingerprint density at radius 1 is 0.857 bits per heavy atom. The van der Waals surface area contributed by atoms with Crippen LogP contribution in [0.3, 0.4) is 0 Å². The Balaban J connectivity index is 1.40. The third kappa shape index (κ3) is 4.55. The predicted octanol–water partition coefficient (Wildman–Crippen LogP) is 1.76. The number of carbonyl (C=O) groups excluding carboxylic acids is 4. The highest BCUT2D eigenvalue weighted by molar-refractivity contribution is 6.30. The Kier molecular flexibility index (Phi) is 6.06. The van der Waals surface area contributed by atoms with E-state index >= 15 is 0 Å². The Morgan fingerprint density at radius 2 is 1.46 bits per heavy atom. The topological polar surface area (TPSA) is 95.6 Å². The molecule has 1 heterocycles. The van der Waals surface area contributed by atoms with Gasteiger partial charge in [0.15, 0.2) is 0 Å². The lowest BCUT2D eigenvalue weighted by Gasteiger charge is -2.13. The van der Waals surface area contributed by atoms with Crippen LogP contribution in [0, 0.1) is 0 Å². The molecule has 144 valence electrons. The van der Waals surface area contributed by atoms with E-state index in [2.05, 4.69) is 10.6 Å². The van der Waals surface area contributed by atoms with E-state index in [0.717, 1.165) is 10.5 Å². The number of halogens is 1. The van der Waals surface area contributed by atoms with E-state index in [9.17, 15) is 19.2 Å². The van der Waals surface area contributed by atoms with Gasteiger partial charge in [-0.25, -0.2) is 0 Å². The molecule has 0 aromatic heterocycles. The van der Waals surface area contributed by atoms with Crippen molar-refractivity contribution in [3.05, 3.63) is 70.2 Å². The molecule has 0 aliphatic carbocycles. The molecule has 8 heteroatoms. The molecule has 2 aromatic carbocycles. The Morgan fingerprint density at radius 3 is 2.07 bits per heavy atom. The van der Waals surface area contributed by atoms with Crippen molar-refractivity contribution in [2.45, 2.75) is 13.0 Å². The summed E-state index contributed by atoms with van der Waals surface area (Å²) in [7, 11) is 0. The second-order valence-corrected chi connectivity index (χ2v) is 6.67. The van der Waals surface area contributed by atoms with Crippen LogP contribution >= 0.6 is 11.6 Å². The number of hydrogen-bond acceptors (Lipinski definition) is 4. The summed E-state index contributed by atoms with van der Waals surface area (Å²) in [6, 6.07) is 13.6. The second-order valence-electron chi connectivity index (χ2n) is 6.24. The van der Waals surface area contributed by atoms with Crippen molar-refractivity contribution in [2.24, 2.45) is 0 Å². The average molecular weight is 400 g/mol. The zero-order valence-corrected chi connectivity index (χ0v) is 15.7. The monoisotopic (exact) mass is 399 g/mol. The SMILES string of the molecule is O=C(CCN1C(=O)c2ccccc2C1=O)NCC(=O)NCc1ccc(Cl)cc1. The predicted molar refractivity (Wildman–Crippen MR) is 103 cm³/mol. The highest BCUT2D eigenvalue weighted by Crippen LogP contribution is 2.22. The van der Waals surface area contributed by atoms with Crippen LogP contribution in [0.1, 0.15) is 32.7 Å². The van der Waals surface area contributed by atoms with Crippen LogP contribution in [0.2, 0.25) is 5.02 Å². The van der Waals surface area contributed by atoms with Crippen molar-refractivity contribution in [1.29, 1.82) is 0 Å². The van der Waals surface area contributed by atoms with Gasteiger partial charge >= 0.3 is 0 Å². The molecule has 1 aliphatic rings. The van der Waals surface area contributed by atoms with Crippen LogP contribution in [-0.2, 0) is 16.1 Å². The number of benzene rings is 2. The maximum atomic E-state index is 12.2. The zero-order valence-electron chi connectivity index (χ0n) is 14.9. The molecule has 7 nitrogen and oxygen atoms in total. The van der Waals surface area contributed by atoms with Crippen molar-refractivity contribution >= 4 is 35.2 Å². The van der Waals surface area contributed by atoms with E-state index < -0.39 is 17.7 Å². The molecule has 0 unspecified atom stereocenters. The number of carbonyl (C=O) groups is 4. The van der Waals surface area contributed by atoms with Gasteiger partial charge < -0.3 is 10.6 Å². The minimum absolute atomic E-state index is 0.0371. The van der Waals surface area contributed by atoms with Crippen molar-refractivity contribution in [3.8, 4) is 0 Å². The number of imide groups is 1. The van der Waals surface area contributed by atoms with Gasteiger partial charge in [0.1, 0.15) is 0 Å². The normalized spacial score (nSPS) is 12.7. The van der Waals surface area contributed by atoms with Crippen molar-refractivity contribution in [2.75, 3.05) is 13.1 Å². The summed E-state index contributed by atoms with van der Waals surface area (Å²) >= 11 is 5.80. The number of fused-ring (bicyclic) bond motifs is 1. The first-order chi connectivity index (χ1) is 13.5. The van der Waals surface area contributed by atoms with E-state index in [1.807, 2.05) is 0 Å². The third-order valence-corrected chi connectivity index (χ3v) is 4.54. The van der Waals surface area contributed by atoms with Crippen LogP contribution in [0.15, 0.2) is 48.5 Å². The fourth-order valence-corrected chi connectivity index (χ4v) is 2.91. The fraction of sp³-hybridized carbons (Fsp3) is 0.200. The molecule has 0 saturated heterocycles. The first kappa shape index (κ1) is 19.6. The maximum Gasteiger partial charge on any atom is 0.261 e. The summed E-state index contributed by atoms with van der Waals surface area (Å²) in [6.07, 6.45) is -0.0735. The van der Waals surface area contributed by atoms with Crippen molar-refractivity contribution in [1.82, 2.24) is 15.5 Å². The molecule has 4 amide bonds. The molecule has 0 saturated carbocycles. The first-order valence-electron chi connectivity index (χ1n) is 8.69. The first-order valence-corrected chi connectivity index (χ1v) is 9.06. The highest BCUT2D eigenvalue weighted by Gasteiger charge is 2.34. The van der Waals surface area contributed by atoms with E-state index in [0.29, 0.717) is 22.7 Å². The van der Waals surface area contributed by atoms with Gasteiger partial charge in [-0.1, -0.05) is 35.9 Å². The van der Waals surface area contributed by atoms with Gasteiger partial charge in [0.25, 0.3) is 11.8 Å². The minimum Gasteiger partial charge on any atom is -0.350 e. The summed E-state index contributed by atoms with van der Waals surface area (Å²) in [5.41, 5.74) is 1.57. The largest absolute Gasteiger partial charge is 0.350 e. The third-order valence-electron chi connectivity index (χ3n) is 4.29. The lowest BCUT2D eigenvalue weighted by molar-refractivity contribution is -0.126. The van der Waals surface area contributed by atoms with Crippen molar-refractivity contribution < 1.29 is 19.2 Å². The summed E-state index contributed by atoms with van der Waals surface area (Å²) in [5, 5.41) is 5.77. The van der Waals surface area contributed by atoms with Gasteiger partial charge in [0.2, 0.25) is 11.8 Å². The summed E-state index contributed by atoms with van der Waals surface area (Å²) < 4.78 is 0. The van der Waals surface area contributed by atoms with E-state index in [-0.39, 0.29) is 25.4 Å². The van der Waals surface area contributed by atoms with Crippen LogP contribution in [0.4, 0.5) is 0 Å². The number of nitrogens with zero attached hydrogens (tertiary/aromatic N) is 1. The quantitative estimate of drug-likeness (QED) is 0.693. The minimum atomic E-state index is -0.418. The van der Waals surface area contributed by atoms with Crippen LogP contribution < -0.4 is 10.6 Å². The van der Waals surface area contributed by atoms with Crippen LogP contribution in [-0.4, -0.2) is 41.6 Å². The number of hydrogen-bond donors (Lipinski definition) is 2. The molecule has 1 aliphatic heterocycles. The number of nitrogens with one attached hydrogen (secondary N) is 2. The lowest BCUT2D eigenvalue weighted by atomic mass is 10.1. The summed E-state index contributed by atoms with van der Waals surface area (Å²) in [4.78, 5) is 49.3. The Bertz CT molecular complexity index is 892. The second kappa shape index (κ2) is 8.67. The van der Waals surface area contributed by atoms with Crippen LogP contribution in [0.25, 0.3) is 0 Å². The van der Waals surface area contributed by atoms with Gasteiger partial charge in [-0.3, -0.25) is 24.1 Å². The molecule has 28 heavy (non-hydrogen) atoms. The molecule has 3 rings (SSSR count). The maximum absolute atomic E-state index is 12.2. The molecule has 0 fully saturated rings. The molecule has 0 radical (unpaired) electrons. The van der Waals surface area contributed by atoms with Crippen molar-refractivity contribution in [3.63, 3.8) is 0 Å². The van der Waals surface area contributed by atoms with E-state index in [1.165, 1.54) is 0 Å². The summed E-state index contributed by atoms with van der Waals surface area (Å²) in [6.45, 7) is 0.0973. The molecular formula is C20H18ClN3O4. The molecule has 2 N–H and O–H groups in total. The van der Waals surface area contributed by atoms with Gasteiger partial charge in [-0.05, 0) is 29.8 Å². The highest BCUT2D eigenvalue weighted by atomic mass is 35.5. The van der Waals surface area contributed by atoms with Crippen LogP contribution in [0.5, 0.6) is 0 Å². The lowest BCUT2D eigenvalue weighted by Crippen LogP contribution is -2.39. The molecule has 0 atom stereocenters. The van der Waals surface area contributed by atoms with E-state index in [1.54, 1.807) is 48.5 Å². The number of amides is 4. The molecule has 0 bridgehead atoms. The number of rotatable bonds is 7. The molecule has 0 spiro atoms.